The van der Waals surface area contributed by atoms with Crippen molar-refractivity contribution < 1.29 is 77.0 Å². The molecule has 2 aromatic carbocycles. The summed E-state index contributed by atoms with van der Waals surface area (Å²) in [6, 6.07) is 0.389. The number of rotatable bonds is 21. The first-order valence-corrected chi connectivity index (χ1v) is 22.7. The molecule has 2 fully saturated rings. The van der Waals surface area contributed by atoms with Gasteiger partial charge in [-0.1, -0.05) is 38.1 Å². The highest BCUT2D eigenvalue weighted by Crippen LogP contribution is 2.48. The largest absolute Gasteiger partial charge is 0.396 e. The molecule has 2 aromatic heterocycles. The van der Waals surface area contributed by atoms with Crippen LogP contribution in [-0.4, -0.2) is 96.4 Å². The highest BCUT2D eigenvalue weighted by Gasteiger charge is 2.59. The summed E-state index contributed by atoms with van der Waals surface area (Å²) >= 11 is 0. The van der Waals surface area contributed by atoms with Gasteiger partial charge in [-0.2, -0.15) is 54.1 Å². The topological polar surface area (TPSA) is 176 Å². The highest BCUT2D eigenvalue weighted by atomic mass is 19.4. The van der Waals surface area contributed by atoms with Crippen LogP contribution in [-0.2, 0) is 32.1 Å². The van der Waals surface area contributed by atoms with Crippen LogP contribution < -0.4 is 21.4 Å². The number of alkyl halides is 10. The molecule has 2 aliphatic rings. The number of benzene rings is 2. The van der Waals surface area contributed by atoms with E-state index in [2.05, 4.69) is 31.6 Å². The fourth-order valence-corrected chi connectivity index (χ4v) is 7.57. The van der Waals surface area contributed by atoms with Crippen molar-refractivity contribution in [2.24, 2.45) is 21.7 Å². The van der Waals surface area contributed by atoms with E-state index in [4.69, 9.17) is 0 Å². The lowest BCUT2D eigenvalue weighted by molar-refractivity contribution is -0.222. The van der Waals surface area contributed by atoms with Crippen molar-refractivity contribution in [3.05, 3.63) is 83.9 Å². The van der Waals surface area contributed by atoms with Gasteiger partial charge in [-0.25, -0.2) is 23.2 Å². The van der Waals surface area contributed by atoms with Crippen LogP contribution in [0, 0.1) is 33.3 Å². The van der Waals surface area contributed by atoms with Crippen LogP contribution in [0.1, 0.15) is 91.5 Å². The number of aliphatic hydroxyl groups is 1. The summed E-state index contributed by atoms with van der Waals surface area (Å²) in [4.78, 5) is 54.9. The lowest BCUT2D eigenvalue weighted by Crippen LogP contribution is -2.64. The van der Waals surface area contributed by atoms with E-state index in [1.54, 1.807) is 0 Å². The van der Waals surface area contributed by atoms with Gasteiger partial charge in [0.1, 0.15) is 23.7 Å². The van der Waals surface area contributed by atoms with Crippen LogP contribution in [0.15, 0.2) is 61.2 Å². The maximum Gasteiger partial charge on any atom is 0.396 e. The van der Waals surface area contributed by atoms with E-state index in [1.807, 2.05) is 0 Å². The summed E-state index contributed by atoms with van der Waals surface area (Å²) in [5, 5.41) is 26.3. The number of hydrogen-bond acceptors (Lipinski definition) is 8. The van der Waals surface area contributed by atoms with Gasteiger partial charge in [-0.05, 0) is 88.6 Å². The van der Waals surface area contributed by atoms with Crippen molar-refractivity contribution in [3.8, 4) is 22.3 Å². The van der Waals surface area contributed by atoms with Gasteiger partial charge >= 0.3 is 25.5 Å². The second-order valence-corrected chi connectivity index (χ2v) is 20.2. The maximum atomic E-state index is 16.1. The van der Waals surface area contributed by atoms with Crippen molar-refractivity contribution in [2.45, 2.75) is 130 Å². The van der Waals surface area contributed by atoms with Gasteiger partial charge in [0.25, 0.3) is 5.91 Å². The molecule has 73 heavy (non-hydrogen) atoms. The molecule has 400 valence electrons. The first-order valence-electron chi connectivity index (χ1n) is 22.7. The quantitative estimate of drug-likeness (QED) is 0.0411. The van der Waals surface area contributed by atoms with E-state index >= 15 is 8.78 Å². The van der Waals surface area contributed by atoms with E-state index in [0.717, 1.165) is 24.8 Å². The molecule has 14 nitrogen and oxygen atoms in total. The summed E-state index contributed by atoms with van der Waals surface area (Å²) in [6.45, 7) is -2.95. The number of carbonyl (C=O) groups excluding carboxylic acids is 4. The van der Waals surface area contributed by atoms with Crippen LogP contribution in [0.2, 0.25) is 0 Å². The first-order chi connectivity index (χ1) is 33.7. The summed E-state index contributed by atoms with van der Waals surface area (Å²) in [6.07, 6.45) is -8.07. The van der Waals surface area contributed by atoms with Gasteiger partial charge in [-0.15, -0.1) is 0 Å². The van der Waals surface area contributed by atoms with E-state index < -0.39 is 132 Å². The molecule has 6 rings (SSSR count). The Morgan fingerprint density at radius 2 is 1.10 bits per heavy atom. The lowest BCUT2D eigenvalue weighted by atomic mass is 9.82. The Balaban J connectivity index is 1.40. The molecule has 4 unspecified atom stereocenters. The highest BCUT2D eigenvalue weighted by molar-refractivity contribution is 5.92. The molecule has 0 bridgehead atoms. The molecule has 4 amide bonds. The lowest BCUT2D eigenvalue weighted by Gasteiger charge is -2.39. The fraction of sp³-hybridized carbons (Fsp3) is 0.532. The normalized spacial score (nSPS) is 17.2. The number of hydrogen-bond donors (Lipinski definition) is 5. The van der Waals surface area contributed by atoms with E-state index in [9.17, 15) is 68.2 Å². The van der Waals surface area contributed by atoms with Gasteiger partial charge in [0.2, 0.25) is 17.7 Å². The van der Waals surface area contributed by atoms with Crippen molar-refractivity contribution in [1.29, 1.82) is 0 Å². The van der Waals surface area contributed by atoms with Crippen molar-refractivity contribution in [1.82, 2.24) is 45.9 Å². The second-order valence-electron chi connectivity index (χ2n) is 20.2. The molecule has 2 saturated carbocycles. The van der Waals surface area contributed by atoms with Gasteiger partial charge < -0.3 is 21.1 Å². The Morgan fingerprint density at radius 1 is 0.671 bits per heavy atom. The predicted molar refractivity (Wildman–Crippen MR) is 236 cm³/mol. The van der Waals surface area contributed by atoms with Gasteiger partial charge in [-0.3, -0.25) is 24.6 Å². The van der Waals surface area contributed by atoms with Crippen LogP contribution in [0.4, 0.5) is 52.7 Å². The Hall–Kier alpha value is -6.18. The fourth-order valence-electron chi connectivity index (χ4n) is 7.57. The molecule has 0 radical (unpaired) electrons. The molecule has 0 spiro atoms. The molecular formula is C47H53F12N9O5. The van der Waals surface area contributed by atoms with Crippen LogP contribution in [0.25, 0.3) is 22.3 Å². The molecule has 4 aromatic rings. The zero-order valence-electron chi connectivity index (χ0n) is 40.0. The van der Waals surface area contributed by atoms with Crippen LogP contribution >= 0.6 is 0 Å². The van der Waals surface area contributed by atoms with E-state index in [0.29, 0.717) is 67.9 Å². The van der Waals surface area contributed by atoms with Crippen molar-refractivity contribution >= 4 is 23.6 Å². The van der Waals surface area contributed by atoms with Gasteiger partial charge in [0.15, 0.2) is 0 Å². The molecule has 2 heterocycles. The number of aliphatic hydroxyl groups excluding tert-OH is 1. The third-order valence-electron chi connectivity index (χ3n) is 13.7. The number of nitrogens with zero attached hydrogens (tertiary/aromatic N) is 5. The second kappa shape index (κ2) is 20.6. The van der Waals surface area contributed by atoms with Gasteiger partial charge in [0.05, 0.1) is 35.4 Å². The standard InChI is InChI=1S/C47H53F12N9O5/c1-42(2,46(54,55)56)34(63-38(72)44(5)11-12-44)36(70)62-32(15-24-7-9-25(10-8-24)27-18-60-67(20-27)40(50)51)33(69)23-66(22-29-30(48)16-26(17-31(29)49)28-19-61-68(21-28)41(52)53)65-37(71)35(43(3,4)47(57,58)59)64-39(73)45(6)13-14-45/h7-10,16-21,32-35,40-41,69H,11-15,22-23H2,1-6H3,(H,62,70)(H,63,72)(H,64,73)(H,65,71). The van der Waals surface area contributed by atoms with E-state index in [-0.39, 0.29) is 39.8 Å². The summed E-state index contributed by atoms with van der Waals surface area (Å²) in [5.41, 5.74) is -6.80. The maximum absolute atomic E-state index is 16.1. The summed E-state index contributed by atoms with van der Waals surface area (Å²) < 4.78 is 174. The van der Waals surface area contributed by atoms with E-state index in [1.165, 1.54) is 38.1 Å². The first kappa shape index (κ1) is 56.1. The van der Waals surface area contributed by atoms with Crippen LogP contribution in [0.5, 0.6) is 0 Å². The SMILES string of the molecule is CC1(C(=O)NC(C(=O)NC(Cc2ccc(-c3cnn(C(F)F)c3)cc2)C(O)CN(Cc2c(F)cc(-c3cnn(C(F)F)c3)cc2F)NC(=O)C(NC(=O)C2(C)CC2)C(C)(C)C(F)(F)F)C(C)(C)C(F)(F)F)CC1. The Bertz CT molecular complexity index is 2640. The minimum Gasteiger partial charge on any atom is -0.390 e. The predicted octanol–water partition coefficient (Wildman–Crippen LogP) is 8.15. The Morgan fingerprint density at radius 3 is 1.49 bits per heavy atom. The minimum absolute atomic E-state index is 0.174. The number of nitrogens with one attached hydrogen (secondary N) is 4. The molecule has 0 saturated heterocycles. The smallest absolute Gasteiger partial charge is 0.390 e. The number of carbonyl (C=O) groups is 4. The molecule has 26 heteroatoms. The zero-order valence-corrected chi connectivity index (χ0v) is 40.0. The van der Waals surface area contributed by atoms with Crippen molar-refractivity contribution in [2.75, 3.05) is 6.54 Å². The summed E-state index contributed by atoms with van der Waals surface area (Å²) in [5.74, 6) is -7.73. The monoisotopic (exact) mass is 1050 g/mol. The number of hydrazine groups is 1. The minimum atomic E-state index is -5.19. The summed E-state index contributed by atoms with van der Waals surface area (Å²) in [7, 11) is 0. The number of halogens is 12. The van der Waals surface area contributed by atoms with Gasteiger partial charge in [0, 0.05) is 53.0 Å². The molecular weight excluding hydrogens is 999 g/mol. The Kier molecular flexibility index (Phi) is 15.8. The number of aromatic nitrogens is 4. The molecule has 0 aliphatic heterocycles. The molecule has 2 aliphatic carbocycles. The van der Waals surface area contributed by atoms with Crippen LogP contribution in [0.3, 0.4) is 0 Å². The third-order valence-corrected chi connectivity index (χ3v) is 13.7. The zero-order chi connectivity index (χ0) is 54.4. The third kappa shape index (κ3) is 12.6. The average molecular weight is 1050 g/mol. The molecule has 5 N–H and O–H groups in total. The van der Waals surface area contributed by atoms with Crippen molar-refractivity contribution in [3.63, 3.8) is 0 Å². The Labute approximate surface area is 410 Å². The average Bonchev–Trinajstić information content (AvgIpc) is 4.06. The number of amides is 4. The molecule has 4 atom stereocenters.